The van der Waals surface area contributed by atoms with Gasteiger partial charge in [0.25, 0.3) is 0 Å². The van der Waals surface area contributed by atoms with Gasteiger partial charge in [0.05, 0.1) is 12.7 Å². The molecule has 20 heavy (non-hydrogen) atoms. The van der Waals surface area contributed by atoms with E-state index in [0.717, 1.165) is 18.5 Å². The fraction of sp³-hybridized carbons (Fsp3) is 0.600. The molecule has 1 aromatic carbocycles. The first-order valence-electron chi connectivity index (χ1n) is 7.02. The molecule has 0 amide bonds. The van der Waals surface area contributed by atoms with E-state index in [4.69, 9.17) is 22.1 Å². The largest absolute Gasteiger partial charge is 0.493 e. The van der Waals surface area contributed by atoms with Crippen LogP contribution < -0.4 is 15.8 Å². The van der Waals surface area contributed by atoms with E-state index in [1.807, 2.05) is 27.0 Å². The van der Waals surface area contributed by atoms with Gasteiger partial charge < -0.3 is 20.9 Å². The smallest absolute Gasteiger partial charge is 0.125 e. The molecule has 0 aliphatic heterocycles. The van der Waals surface area contributed by atoms with Gasteiger partial charge >= 0.3 is 0 Å². The van der Waals surface area contributed by atoms with E-state index in [1.165, 1.54) is 0 Å². The van der Waals surface area contributed by atoms with Gasteiger partial charge in [-0.2, -0.15) is 0 Å². The van der Waals surface area contributed by atoms with Gasteiger partial charge in [0.1, 0.15) is 5.75 Å². The lowest BCUT2D eigenvalue weighted by Gasteiger charge is -2.22. The molecule has 0 heterocycles. The molecule has 0 saturated heterocycles. The Kier molecular flexibility index (Phi) is 7.30. The van der Waals surface area contributed by atoms with Crippen molar-refractivity contribution in [3.05, 3.63) is 28.3 Å². The zero-order valence-corrected chi connectivity index (χ0v) is 13.2. The van der Waals surface area contributed by atoms with Crippen LogP contribution in [0.3, 0.4) is 0 Å². The van der Waals surface area contributed by atoms with Crippen molar-refractivity contribution in [1.82, 2.24) is 5.32 Å². The van der Waals surface area contributed by atoms with E-state index in [0.29, 0.717) is 29.4 Å². The first-order chi connectivity index (χ1) is 9.51. The third-order valence-electron chi connectivity index (χ3n) is 3.20. The highest BCUT2D eigenvalue weighted by Crippen LogP contribution is 2.33. The lowest BCUT2D eigenvalue weighted by molar-refractivity contribution is 0.137. The molecule has 0 fully saturated rings. The van der Waals surface area contributed by atoms with Crippen LogP contribution in [0, 0.1) is 6.92 Å². The van der Waals surface area contributed by atoms with E-state index < -0.39 is 6.10 Å². The summed E-state index contributed by atoms with van der Waals surface area (Å²) in [4.78, 5) is 0. The number of hydrogen-bond acceptors (Lipinski definition) is 4. The molecule has 0 bridgehead atoms. The average molecular weight is 301 g/mol. The van der Waals surface area contributed by atoms with Gasteiger partial charge in [-0.3, -0.25) is 0 Å². The van der Waals surface area contributed by atoms with Crippen molar-refractivity contribution in [2.24, 2.45) is 5.73 Å². The number of halogens is 1. The Morgan fingerprint density at radius 3 is 2.75 bits per heavy atom. The van der Waals surface area contributed by atoms with Crippen LogP contribution in [0.5, 0.6) is 5.75 Å². The number of ether oxygens (including phenoxy) is 1. The lowest BCUT2D eigenvalue weighted by Crippen LogP contribution is -2.31. The molecule has 0 aliphatic carbocycles. The van der Waals surface area contributed by atoms with Gasteiger partial charge in [-0.1, -0.05) is 18.5 Å². The summed E-state index contributed by atoms with van der Waals surface area (Å²) in [5.74, 6) is 0.668. The molecule has 0 spiro atoms. The summed E-state index contributed by atoms with van der Waals surface area (Å²) in [6.07, 6.45) is 0.799. The standard InChI is InChI=1S/C15H25ClN2O2/c1-4-7-20-14-8-10(2)12(16)9-11(14)15(19)13(17)5-6-18-3/h8-9,13,15,18-19H,4-7,17H2,1-3H3. The van der Waals surface area contributed by atoms with Gasteiger partial charge in [0, 0.05) is 16.6 Å². The molecule has 2 atom stereocenters. The minimum Gasteiger partial charge on any atom is -0.493 e. The maximum absolute atomic E-state index is 10.4. The molecular weight excluding hydrogens is 276 g/mol. The van der Waals surface area contributed by atoms with Gasteiger partial charge in [-0.25, -0.2) is 0 Å². The van der Waals surface area contributed by atoms with Crippen molar-refractivity contribution in [2.45, 2.75) is 38.8 Å². The summed E-state index contributed by atoms with van der Waals surface area (Å²) in [6.45, 7) is 5.31. The third-order valence-corrected chi connectivity index (χ3v) is 3.61. The molecular formula is C15H25ClN2O2. The van der Waals surface area contributed by atoms with Crippen LogP contribution in [-0.2, 0) is 0 Å². The van der Waals surface area contributed by atoms with E-state index in [2.05, 4.69) is 5.32 Å². The minimum absolute atomic E-state index is 0.356. The van der Waals surface area contributed by atoms with Gasteiger partial charge in [-0.15, -0.1) is 0 Å². The first-order valence-corrected chi connectivity index (χ1v) is 7.40. The Balaban J connectivity index is 2.97. The first kappa shape index (κ1) is 17.2. The van der Waals surface area contributed by atoms with E-state index in [-0.39, 0.29) is 6.04 Å². The monoisotopic (exact) mass is 300 g/mol. The SMILES string of the molecule is CCCOc1cc(C)c(Cl)cc1C(O)C(N)CCNC. The normalized spacial score (nSPS) is 14.1. The number of aryl methyl sites for hydroxylation is 1. The summed E-state index contributed by atoms with van der Waals surface area (Å²) in [5, 5.41) is 14.1. The zero-order valence-electron chi connectivity index (χ0n) is 12.4. The van der Waals surface area contributed by atoms with Crippen LogP contribution in [0.1, 0.15) is 37.0 Å². The van der Waals surface area contributed by atoms with Crippen molar-refractivity contribution in [3.8, 4) is 5.75 Å². The average Bonchev–Trinajstić information content (AvgIpc) is 2.44. The summed E-state index contributed by atoms with van der Waals surface area (Å²) in [7, 11) is 1.86. The Morgan fingerprint density at radius 2 is 2.15 bits per heavy atom. The molecule has 4 N–H and O–H groups in total. The van der Waals surface area contributed by atoms with Crippen molar-refractivity contribution >= 4 is 11.6 Å². The number of aliphatic hydroxyl groups excluding tert-OH is 1. The van der Waals surface area contributed by atoms with Crippen molar-refractivity contribution < 1.29 is 9.84 Å². The van der Waals surface area contributed by atoms with Crippen LogP contribution in [-0.4, -0.2) is 31.3 Å². The summed E-state index contributed by atoms with van der Waals surface area (Å²) >= 11 is 6.15. The second-order valence-electron chi connectivity index (χ2n) is 4.99. The van der Waals surface area contributed by atoms with Crippen LogP contribution in [0.4, 0.5) is 0 Å². The van der Waals surface area contributed by atoms with Crippen molar-refractivity contribution in [2.75, 3.05) is 20.2 Å². The number of rotatable bonds is 8. The fourth-order valence-corrected chi connectivity index (χ4v) is 2.11. The van der Waals surface area contributed by atoms with Crippen LogP contribution in [0.15, 0.2) is 12.1 Å². The second-order valence-corrected chi connectivity index (χ2v) is 5.40. The maximum Gasteiger partial charge on any atom is 0.125 e. The molecule has 2 unspecified atom stereocenters. The summed E-state index contributed by atoms with van der Waals surface area (Å²) < 4.78 is 5.71. The minimum atomic E-state index is -0.784. The number of hydrogen-bond donors (Lipinski definition) is 3. The predicted octanol–water partition coefficient (Wildman–Crippen LogP) is 2.41. The highest BCUT2D eigenvalue weighted by Gasteiger charge is 2.21. The Morgan fingerprint density at radius 1 is 1.45 bits per heavy atom. The summed E-state index contributed by atoms with van der Waals surface area (Å²) in [5.41, 5.74) is 7.63. The Labute approximate surface area is 126 Å². The summed E-state index contributed by atoms with van der Waals surface area (Å²) in [6, 6.07) is 3.26. The fourth-order valence-electron chi connectivity index (χ4n) is 1.94. The van der Waals surface area contributed by atoms with Gasteiger partial charge in [0.2, 0.25) is 0 Å². The lowest BCUT2D eigenvalue weighted by atomic mass is 9.98. The third kappa shape index (κ3) is 4.63. The van der Waals surface area contributed by atoms with E-state index >= 15 is 0 Å². The quantitative estimate of drug-likeness (QED) is 0.690. The number of benzene rings is 1. The van der Waals surface area contributed by atoms with Gasteiger partial charge in [-0.05, 0) is 51.1 Å². The molecule has 5 heteroatoms. The maximum atomic E-state index is 10.4. The second kappa shape index (κ2) is 8.47. The molecule has 4 nitrogen and oxygen atoms in total. The van der Waals surface area contributed by atoms with Crippen molar-refractivity contribution in [3.63, 3.8) is 0 Å². The highest BCUT2D eigenvalue weighted by atomic mass is 35.5. The molecule has 0 aliphatic rings. The molecule has 0 radical (unpaired) electrons. The van der Waals surface area contributed by atoms with Crippen LogP contribution in [0.2, 0.25) is 5.02 Å². The van der Waals surface area contributed by atoms with E-state index in [9.17, 15) is 5.11 Å². The molecule has 114 valence electrons. The number of aliphatic hydroxyl groups is 1. The van der Waals surface area contributed by atoms with Gasteiger partial charge in [0.15, 0.2) is 0 Å². The Bertz CT molecular complexity index is 427. The van der Waals surface area contributed by atoms with Crippen LogP contribution >= 0.6 is 11.6 Å². The highest BCUT2D eigenvalue weighted by molar-refractivity contribution is 6.31. The molecule has 1 rings (SSSR count). The predicted molar refractivity (Wildman–Crippen MR) is 83.5 cm³/mol. The van der Waals surface area contributed by atoms with E-state index in [1.54, 1.807) is 6.07 Å². The topological polar surface area (TPSA) is 67.5 Å². The molecule has 0 saturated carbocycles. The number of nitrogens with two attached hydrogens (primary N) is 1. The molecule has 0 aromatic heterocycles. The number of nitrogens with one attached hydrogen (secondary N) is 1. The Hall–Kier alpha value is -0.810. The van der Waals surface area contributed by atoms with Crippen LogP contribution in [0.25, 0.3) is 0 Å². The van der Waals surface area contributed by atoms with Crippen molar-refractivity contribution in [1.29, 1.82) is 0 Å². The molecule has 1 aromatic rings. The zero-order chi connectivity index (χ0) is 15.1.